The molecule has 4 nitrogen and oxygen atoms in total. The van der Waals surface area contributed by atoms with Crippen molar-refractivity contribution in [2.45, 2.75) is 31.7 Å². The molecule has 106 valence electrons. The van der Waals surface area contributed by atoms with Gasteiger partial charge in [0.05, 0.1) is 5.69 Å². The van der Waals surface area contributed by atoms with Crippen molar-refractivity contribution in [2.75, 3.05) is 16.8 Å². The molecule has 0 unspecified atom stereocenters. The van der Waals surface area contributed by atoms with Gasteiger partial charge in [-0.2, -0.15) is 0 Å². The first-order valence-electron chi connectivity index (χ1n) is 6.81. The zero-order chi connectivity index (χ0) is 14.1. The first kappa shape index (κ1) is 13.3. The number of rotatable bonds is 3. The van der Waals surface area contributed by atoms with Crippen LogP contribution in [0.25, 0.3) is 0 Å². The van der Waals surface area contributed by atoms with Gasteiger partial charge in [-0.1, -0.05) is 0 Å². The molecule has 0 atom stereocenters. The van der Waals surface area contributed by atoms with Crippen LogP contribution in [-0.2, 0) is 4.79 Å². The number of nitrogens with zero attached hydrogens (tertiary/aromatic N) is 1. The van der Waals surface area contributed by atoms with E-state index in [0.717, 1.165) is 19.3 Å². The summed E-state index contributed by atoms with van der Waals surface area (Å²) in [6.07, 6.45) is 3.54. The Bertz CT molecular complexity index is 559. The predicted octanol–water partition coefficient (Wildman–Crippen LogP) is 2.40. The van der Waals surface area contributed by atoms with Gasteiger partial charge in [0.1, 0.15) is 5.82 Å². The van der Waals surface area contributed by atoms with E-state index in [2.05, 4.69) is 10.6 Å². The Labute approximate surface area is 122 Å². The highest BCUT2D eigenvalue weighted by Gasteiger charge is 2.25. The zero-order valence-electron chi connectivity index (χ0n) is 11.0. The van der Waals surface area contributed by atoms with Gasteiger partial charge in [-0.05, 0) is 49.7 Å². The third-order valence-electron chi connectivity index (χ3n) is 3.48. The van der Waals surface area contributed by atoms with Crippen LogP contribution < -0.4 is 15.5 Å². The van der Waals surface area contributed by atoms with E-state index < -0.39 is 0 Å². The van der Waals surface area contributed by atoms with Crippen molar-refractivity contribution < 1.29 is 9.18 Å². The Morgan fingerprint density at radius 1 is 1.40 bits per heavy atom. The van der Waals surface area contributed by atoms with Crippen LogP contribution >= 0.6 is 12.2 Å². The molecule has 1 aliphatic heterocycles. The fraction of sp³-hybridized carbons (Fsp3) is 0.429. The molecule has 1 saturated carbocycles. The van der Waals surface area contributed by atoms with E-state index in [9.17, 15) is 9.18 Å². The second kappa shape index (κ2) is 5.36. The summed E-state index contributed by atoms with van der Waals surface area (Å²) >= 11 is 5.19. The first-order chi connectivity index (χ1) is 9.63. The monoisotopic (exact) mass is 293 g/mol. The molecule has 1 aliphatic carbocycles. The van der Waals surface area contributed by atoms with E-state index in [1.165, 1.54) is 11.0 Å². The molecule has 2 fully saturated rings. The maximum absolute atomic E-state index is 13.9. The number of thiocarbonyl (C=S) groups is 1. The molecule has 0 aromatic heterocycles. The second-order valence-corrected chi connectivity index (χ2v) is 5.60. The van der Waals surface area contributed by atoms with E-state index in [1.54, 1.807) is 12.1 Å². The minimum atomic E-state index is -0.383. The maximum atomic E-state index is 13.9. The van der Waals surface area contributed by atoms with Crippen LogP contribution in [0.4, 0.5) is 15.8 Å². The van der Waals surface area contributed by atoms with E-state index in [1.807, 2.05) is 0 Å². The van der Waals surface area contributed by atoms with Crippen molar-refractivity contribution in [3.05, 3.63) is 24.0 Å². The molecular weight excluding hydrogens is 277 g/mol. The van der Waals surface area contributed by atoms with Gasteiger partial charge in [0, 0.05) is 24.7 Å². The predicted molar refractivity (Wildman–Crippen MR) is 80.4 cm³/mol. The summed E-state index contributed by atoms with van der Waals surface area (Å²) < 4.78 is 13.9. The number of anilines is 2. The Kier molecular flexibility index (Phi) is 3.56. The van der Waals surface area contributed by atoms with Crippen molar-refractivity contribution in [2.24, 2.45) is 0 Å². The summed E-state index contributed by atoms with van der Waals surface area (Å²) in [4.78, 5) is 13.2. The van der Waals surface area contributed by atoms with Gasteiger partial charge in [0.25, 0.3) is 0 Å². The average Bonchev–Trinajstić information content (AvgIpc) is 3.11. The molecule has 20 heavy (non-hydrogen) atoms. The van der Waals surface area contributed by atoms with E-state index >= 15 is 0 Å². The molecule has 0 spiro atoms. The summed E-state index contributed by atoms with van der Waals surface area (Å²) in [6, 6.07) is 5.10. The Morgan fingerprint density at radius 3 is 2.85 bits per heavy atom. The lowest BCUT2D eigenvalue weighted by molar-refractivity contribution is -0.117. The summed E-state index contributed by atoms with van der Waals surface area (Å²) in [5.41, 5.74) is 1.02. The van der Waals surface area contributed by atoms with Gasteiger partial charge in [-0.15, -0.1) is 0 Å². The maximum Gasteiger partial charge on any atom is 0.227 e. The molecular formula is C14H16FN3OS. The number of carbonyl (C=O) groups is 1. The normalized spacial score (nSPS) is 18.2. The Balaban J connectivity index is 1.75. The van der Waals surface area contributed by atoms with Crippen LogP contribution in [0.5, 0.6) is 0 Å². The lowest BCUT2D eigenvalue weighted by Crippen LogP contribution is -2.30. The van der Waals surface area contributed by atoms with Crippen LogP contribution in [0.3, 0.4) is 0 Å². The first-order valence-corrected chi connectivity index (χ1v) is 7.22. The minimum Gasteiger partial charge on any atom is -0.360 e. The Hall–Kier alpha value is -1.69. The standard InChI is InChI=1S/C14H16FN3OS/c15-11-6-5-10(17-14(20)16-9-3-4-9)8-12(11)18-7-1-2-13(18)19/h5-6,8-9H,1-4,7H2,(H2,16,17,20). The van der Waals surface area contributed by atoms with Crippen LogP contribution in [-0.4, -0.2) is 23.6 Å². The van der Waals surface area contributed by atoms with Crippen LogP contribution in [0.15, 0.2) is 18.2 Å². The number of benzene rings is 1. The van der Waals surface area contributed by atoms with Crippen molar-refractivity contribution >= 4 is 34.6 Å². The molecule has 2 aliphatic rings. The zero-order valence-corrected chi connectivity index (χ0v) is 11.8. The number of amides is 1. The molecule has 1 saturated heterocycles. The molecule has 2 N–H and O–H groups in total. The largest absolute Gasteiger partial charge is 0.360 e. The van der Waals surface area contributed by atoms with Gasteiger partial charge >= 0.3 is 0 Å². The van der Waals surface area contributed by atoms with Crippen molar-refractivity contribution in [1.29, 1.82) is 0 Å². The van der Waals surface area contributed by atoms with E-state index in [-0.39, 0.29) is 11.7 Å². The molecule has 0 radical (unpaired) electrons. The fourth-order valence-corrected chi connectivity index (χ4v) is 2.56. The molecule has 0 bridgehead atoms. The third-order valence-corrected chi connectivity index (χ3v) is 3.70. The fourth-order valence-electron chi connectivity index (χ4n) is 2.28. The molecule has 3 rings (SSSR count). The van der Waals surface area contributed by atoms with Crippen molar-refractivity contribution in [3.8, 4) is 0 Å². The number of hydrogen-bond donors (Lipinski definition) is 2. The number of hydrogen-bond acceptors (Lipinski definition) is 2. The van der Waals surface area contributed by atoms with Crippen molar-refractivity contribution in [3.63, 3.8) is 0 Å². The van der Waals surface area contributed by atoms with E-state index in [0.29, 0.717) is 35.5 Å². The summed E-state index contributed by atoms with van der Waals surface area (Å²) in [5, 5.41) is 6.74. The average molecular weight is 293 g/mol. The number of halogens is 1. The molecule has 6 heteroatoms. The SMILES string of the molecule is O=C1CCCN1c1cc(NC(=S)NC2CC2)ccc1F. The van der Waals surface area contributed by atoms with Crippen LogP contribution in [0.2, 0.25) is 0 Å². The molecule has 1 amide bonds. The minimum absolute atomic E-state index is 0.0280. The third kappa shape index (κ3) is 2.90. The summed E-state index contributed by atoms with van der Waals surface area (Å²) in [5.74, 6) is -0.411. The lowest BCUT2D eigenvalue weighted by atomic mass is 10.2. The van der Waals surface area contributed by atoms with Gasteiger partial charge < -0.3 is 15.5 Å². The second-order valence-electron chi connectivity index (χ2n) is 5.19. The van der Waals surface area contributed by atoms with Gasteiger partial charge in [-0.3, -0.25) is 4.79 Å². The Morgan fingerprint density at radius 2 is 2.20 bits per heavy atom. The lowest BCUT2D eigenvalue weighted by Gasteiger charge is -2.18. The summed E-state index contributed by atoms with van der Waals surface area (Å²) in [6.45, 7) is 0.573. The molecule has 1 heterocycles. The van der Waals surface area contributed by atoms with E-state index in [4.69, 9.17) is 12.2 Å². The summed E-state index contributed by atoms with van der Waals surface area (Å²) in [7, 11) is 0. The van der Waals surface area contributed by atoms with Crippen LogP contribution in [0.1, 0.15) is 25.7 Å². The smallest absolute Gasteiger partial charge is 0.227 e. The molecule has 1 aromatic carbocycles. The highest BCUT2D eigenvalue weighted by molar-refractivity contribution is 7.80. The quantitative estimate of drug-likeness (QED) is 0.840. The number of nitrogens with one attached hydrogen (secondary N) is 2. The number of carbonyl (C=O) groups excluding carboxylic acids is 1. The van der Waals surface area contributed by atoms with Crippen molar-refractivity contribution in [1.82, 2.24) is 5.32 Å². The van der Waals surface area contributed by atoms with Gasteiger partial charge in [0.15, 0.2) is 5.11 Å². The van der Waals surface area contributed by atoms with Gasteiger partial charge in [0.2, 0.25) is 5.91 Å². The van der Waals surface area contributed by atoms with Gasteiger partial charge in [-0.25, -0.2) is 4.39 Å². The van der Waals surface area contributed by atoms with Crippen LogP contribution in [0, 0.1) is 5.82 Å². The highest BCUT2D eigenvalue weighted by atomic mass is 32.1. The topological polar surface area (TPSA) is 44.4 Å². The highest BCUT2D eigenvalue weighted by Crippen LogP contribution is 2.27. The molecule has 1 aromatic rings.